The highest BCUT2D eigenvalue weighted by Gasteiger charge is 2.53. The standard InChI is InChI=1S/C30H29F3N4O5/c1-16-9-18-10-19(11-22(41-4)24(18)37-36-16)27(39)34-13-30(40,29(3,32)33)23-12-21-26(42-15-28(21,2)14-38)25(35-23)17-5-7-20(31)8-6-17/h5-12,38,40H,13-15H2,1-4H3,(H,34,39)/t28-,30-/m0/s1. The molecule has 1 amide bonds. The second-order valence-corrected chi connectivity index (χ2v) is 10.8. The number of benzene rings is 2. The van der Waals surface area contributed by atoms with Crippen LogP contribution in [-0.2, 0) is 11.0 Å². The molecule has 5 rings (SSSR count). The molecule has 2 aromatic heterocycles. The predicted molar refractivity (Wildman–Crippen MR) is 147 cm³/mol. The molecule has 4 aromatic rings. The van der Waals surface area contributed by atoms with E-state index in [9.17, 15) is 19.4 Å². The molecule has 0 saturated heterocycles. The van der Waals surface area contributed by atoms with Gasteiger partial charge in [0.05, 0.1) is 37.1 Å². The molecule has 0 bridgehead atoms. The maximum atomic E-state index is 15.3. The first-order valence-electron chi connectivity index (χ1n) is 13.1. The molecule has 42 heavy (non-hydrogen) atoms. The topological polar surface area (TPSA) is 127 Å². The summed E-state index contributed by atoms with van der Waals surface area (Å²) in [5, 5.41) is 32.8. The quantitative estimate of drug-likeness (QED) is 0.284. The van der Waals surface area contributed by atoms with Gasteiger partial charge in [0.15, 0.2) is 5.60 Å². The van der Waals surface area contributed by atoms with Gasteiger partial charge in [-0.05, 0) is 62.4 Å². The molecule has 2 aromatic carbocycles. The van der Waals surface area contributed by atoms with Crippen molar-refractivity contribution < 1.29 is 37.7 Å². The fourth-order valence-corrected chi connectivity index (χ4v) is 4.88. The molecule has 0 fully saturated rings. The summed E-state index contributed by atoms with van der Waals surface area (Å²) in [7, 11) is 1.40. The van der Waals surface area contributed by atoms with E-state index >= 15 is 8.78 Å². The van der Waals surface area contributed by atoms with E-state index in [2.05, 4.69) is 20.5 Å². The average Bonchev–Trinajstić information content (AvgIpc) is 3.31. The van der Waals surface area contributed by atoms with E-state index in [1.165, 1.54) is 49.6 Å². The Bertz CT molecular complexity index is 1680. The molecule has 3 N–H and O–H groups in total. The largest absolute Gasteiger partial charge is 0.494 e. The first kappa shape index (κ1) is 29.2. The average molecular weight is 583 g/mol. The van der Waals surface area contributed by atoms with Gasteiger partial charge in [-0.15, -0.1) is 5.10 Å². The molecule has 1 aliphatic heterocycles. The number of hydrogen-bond donors (Lipinski definition) is 3. The Morgan fingerprint density at radius 1 is 1.17 bits per heavy atom. The van der Waals surface area contributed by atoms with Gasteiger partial charge in [0.1, 0.15) is 35.1 Å². The van der Waals surface area contributed by atoms with Crippen LogP contribution >= 0.6 is 0 Å². The molecule has 220 valence electrons. The number of aliphatic hydroxyl groups excluding tert-OH is 1. The third kappa shape index (κ3) is 5.01. The Labute approximate surface area is 239 Å². The smallest absolute Gasteiger partial charge is 0.280 e. The molecule has 9 nitrogen and oxygen atoms in total. The number of pyridine rings is 1. The van der Waals surface area contributed by atoms with Gasteiger partial charge >= 0.3 is 0 Å². The summed E-state index contributed by atoms with van der Waals surface area (Å²) in [5.74, 6) is -4.58. The van der Waals surface area contributed by atoms with E-state index in [0.717, 1.165) is 0 Å². The number of aromatic nitrogens is 3. The Morgan fingerprint density at radius 3 is 2.52 bits per heavy atom. The Balaban J connectivity index is 1.57. The van der Waals surface area contributed by atoms with Crippen molar-refractivity contribution in [3.05, 3.63) is 76.9 Å². The number of halogens is 3. The molecule has 0 unspecified atom stereocenters. The summed E-state index contributed by atoms with van der Waals surface area (Å²) < 4.78 is 55.4. The van der Waals surface area contributed by atoms with Crippen molar-refractivity contribution in [2.75, 3.05) is 26.9 Å². The number of alkyl halides is 2. The first-order chi connectivity index (χ1) is 19.8. The highest BCUT2D eigenvalue weighted by Crippen LogP contribution is 2.47. The van der Waals surface area contributed by atoms with Gasteiger partial charge in [0.2, 0.25) is 0 Å². The number of aryl methyl sites for hydroxylation is 1. The SMILES string of the molecule is COc1cc(C(=O)NC[C@](O)(c2cc3c(c(-c4ccc(F)cc4)n2)OC[C@]3(C)CO)C(C)(F)F)cc2cc(C)nnc12. The van der Waals surface area contributed by atoms with Crippen LogP contribution in [0.3, 0.4) is 0 Å². The highest BCUT2D eigenvalue weighted by atomic mass is 19.3. The van der Waals surface area contributed by atoms with Crippen LogP contribution in [0.4, 0.5) is 13.2 Å². The Kier molecular flexibility index (Phi) is 7.32. The number of nitrogens with one attached hydrogen (secondary N) is 1. The fourth-order valence-electron chi connectivity index (χ4n) is 4.88. The summed E-state index contributed by atoms with van der Waals surface area (Å²) in [6.45, 7) is 2.66. The van der Waals surface area contributed by atoms with Crippen molar-refractivity contribution >= 4 is 16.8 Å². The number of methoxy groups -OCH3 is 1. The zero-order valence-electron chi connectivity index (χ0n) is 23.3. The van der Waals surface area contributed by atoms with E-state index in [1.807, 2.05) is 0 Å². The lowest BCUT2D eigenvalue weighted by Crippen LogP contribution is -2.52. The van der Waals surface area contributed by atoms with Gasteiger partial charge in [-0.1, -0.05) is 0 Å². The van der Waals surface area contributed by atoms with Crippen LogP contribution in [0.2, 0.25) is 0 Å². The van der Waals surface area contributed by atoms with Crippen LogP contribution in [0, 0.1) is 12.7 Å². The number of carbonyl (C=O) groups excluding carboxylic acids is 1. The zero-order valence-corrected chi connectivity index (χ0v) is 23.3. The van der Waals surface area contributed by atoms with Crippen molar-refractivity contribution in [2.45, 2.75) is 37.7 Å². The summed E-state index contributed by atoms with van der Waals surface area (Å²) in [6, 6.07) is 11.1. The number of aliphatic hydroxyl groups is 2. The van der Waals surface area contributed by atoms with Crippen LogP contribution in [0.5, 0.6) is 11.5 Å². The van der Waals surface area contributed by atoms with Gasteiger partial charge in [-0.2, -0.15) is 5.10 Å². The van der Waals surface area contributed by atoms with Crippen molar-refractivity contribution in [1.82, 2.24) is 20.5 Å². The van der Waals surface area contributed by atoms with Crippen molar-refractivity contribution in [1.29, 1.82) is 0 Å². The van der Waals surface area contributed by atoms with Crippen LogP contribution in [-0.4, -0.2) is 64.1 Å². The number of hydrogen-bond acceptors (Lipinski definition) is 8. The minimum Gasteiger partial charge on any atom is -0.494 e. The molecule has 0 aliphatic carbocycles. The number of ether oxygens (including phenoxy) is 2. The Hall–Kier alpha value is -4.29. The van der Waals surface area contributed by atoms with Crippen LogP contribution in [0.25, 0.3) is 22.2 Å². The van der Waals surface area contributed by atoms with E-state index in [4.69, 9.17) is 9.47 Å². The predicted octanol–water partition coefficient (Wildman–Crippen LogP) is 4.06. The zero-order chi connectivity index (χ0) is 30.4. The Morgan fingerprint density at radius 2 is 1.88 bits per heavy atom. The van der Waals surface area contributed by atoms with Crippen molar-refractivity contribution in [2.24, 2.45) is 0 Å². The van der Waals surface area contributed by atoms with Crippen LogP contribution in [0.15, 0.2) is 48.5 Å². The summed E-state index contributed by atoms with van der Waals surface area (Å²) >= 11 is 0. The van der Waals surface area contributed by atoms with Crippen LogP contribution in [0.1, 0.15) is 41.2 Å². The number of rotatable bonds is 8. The highest BCUT2D eigenvalue weighted by molar-refractivity contribution is 5.99. The molecular formula is C30H29F3N4O5. The lowest BCUT2D eigenvalue weighted by Gasteiger charge is -2.34. The van der Waals surface area contributed by atoms with Gasteiger partial charge in [0, 0.05) is 29.0 Å². The summed E-state index contributed by atoms with van der Waals surface area (Å²) in [4.78, 5) is 17.6. The molecule has 0 saturated carbocycles. The molecule has 3 heterocycles. The van der Waals surface area contributed by atoms with Crippen LogP contribution < -0.4 is 14.8 Å². The number of fused-ring (bicyclic) bond motifs is 2. The molecule has 2 atom stereocenters. The number of nitrogens with zero attached hydrogens (tertiary/aromatic N) is 3. The summed E-state index contributed by atoms with van der Waals surface area (Å²) in [5.41, 5.74) is -2.55. The summed E-state index contributed by atoms with van der Waals surface area (Å²) in [6.07, 6.45) is 0. The molecule has 12 heteroatoms. The molecular weight excluding hydrogens is 553 g/mol. The number of carbonyl (C=O) groups is 1. The second-order valence-electron chi connectivity index (χ2n) is 10.8. The van der Waals surface area contributed by atoms with Gasteiger partial charge in [-0.25, -0.2) is 18.2 Å². The van der Waals surface area contributed by atoms with E-state index in [-0.39, 0.29) is 36.0 Å². The normalized spacial score (nSPS) is 17.8. The van der Waals surface area contributed by atoms with Gasteiger partial charge in [0.25, 0.3) is 11.8 Å². The van der Waals surface area contributed by atoms with E-state index in [0.29, 0.717) is 34.6 Å². The van der Waals surface area contributed by atoms with E-state index in [1.54, 1.807) is 19.9 Å². The molecule has 1 aliphatic rings. The second kappa shape index (κ2) is 10.5. The van der Waals surface area contributed by atoms with Gasteiger partial charge < -0.3 is 25.0 Å². The third-order valence-corrected chi connectivity index (χ3v) is 7.54. The maximum Gasteiger partial charge on any atom is 0.280 e. The lowest BCUT2D eigenvalue weighted by atomic mass is 9.82. The number of amides is 1. The minimum absolute atomic E-state index is 0.0312. The first-order valence-corrected chi connectivity index (χ1v) is 13.1. The van der Waals surface area contributed by atoms with Gasteiger partial charge in [-0.3, -0.25) is 4.79 Å². The lowest BCUT2D eigenvalue weighted by molar-refractivity contribution is -0.174. The van der Waals surface area contributed by atoms with E-state index < -0.39 is 40.9 Å². The van der Waals surface area contributed by atoms with Crippen molar-refractivity contribution in [3.8, 4) is 22.8 Å². The van der Waals surface area contributed by atoms with Crippen molar-refractivity contribution in [3.63, 3.8) is 0 Å². The fraction of sp³-hybridized carbons (Fsp3) is 0.333. The molecule has 0 spiro atoms. The maximum absolute atomic E-state index is 15.3. The minimum atomic E-state index is -3.80. The monoisotopic (exact) mass is 582 g/mol. The molecule has 0 radical (unpaired) electrons. The third-order valence-electron chi connectivity index (χ3n) is 7.54.